The van der Waals surface area contributed by atoms with Gasteiger partial charge in [0.2, 0.25) is 5.91 Å². The minimum absolute atomic E-state index is 0.140. The van der Waals surface area contributed by atoms with Crippen LogP contribution in [-0.2, 0) is 4.79 Å². The molecule has 0 saturated carbocycles. The Morgan fingerprint density at radius 2 is 2.25 bits per heavy atom. The Hall–Kier alpha value is -1.95. The summed E-state index contributed by atoms with van der Waals surface area (Å²) in [5, 5.41) is 11.1. The Morgan fingerprint density at radius 3 is 3.00 bits per heavy atom. The number of amides is 1. The van der Waals surface area contributed by atoms with Gasteiger partial charge < -0.3 is 11.1 Å². The fourth-order valence-electron chi connectivity index (χ4n) is 2.10. The lowest BCUT2D eigenvalue weighted by molar-refractivity contribution is -0.123. The highest BCUT2D eigenvalue weighted by atomic mass is 16.2. The van der Waals surface area contributed by atoms with Gasteiger partial charge in [-0.1, -0.05) is 25.8 Å². The van der Waals surface area contributed by atoms with Crippen LogP contribution in [0.5, 0.6) is 0 Å². The maximum Gasteiger partial charge on any atom is 0.237 e. The number of nitrogens with zero attached hydrogens (tertiary/aromatic N) is 3. The highest BCUT2D eigenvalue weighted by molar-refractivity contribution is 5.81. The van der Waals surface area contributed by atoms with E-state index >= 15 is 0 Å². The molecule has 3 N–H and O–H groups in total. The normalized spacial score (nSPS) is 14.2. The van der Waals surface area contributed by atoms with E-state index in [9.17, 15) is 4.79 Å². The highest BCUT2D eigenvalue weighted by Gasteiger charge is 2.19. The number of nitrogens with two attached hydrogens (primary N) is 1. The van der Waals surface area contributed by atoms with E-state index < -0.39 is 6.04 Å². The number of nitrogens with one attached hydrogen (secondary N) is 1. The number of fused-ring (bicyclic) bond motifs is 1. The molecule has 2 rings (SSSR count). The Morgan fingerprint density at radius 1 is 1.45 bits per heavy atom. The van der Waals surface area contributed by atoms with Crippen LogP contribution in [0.2, 0.25) is 0 Å². The molecule has 0 aliphatic heterocycles. The summed E-state index contributed by atoms with van der Waals surface area (Å²) < 4.78 is 1.86. The van der Waals surface area contributed by atoms with Crippen molar-refractivity contribution in [1.82, 2.24) is 19.9 Å². The molecule has 6 nitrogen and oxygen atoms in total. The predicted octanol–water partition coefficient (Wildman–Crippen LogP) is 1.42. The molecule has 0 spiro atoms. The first-order valence-electron chi connectivity index (χ1n) is 6.99. The smallest absolute Gasteiger partial charge is 0.237 e. The van der Waals surface area contributed by atoms with Gasteiger partial charge in [0.15, 0.2) is 11.5 Å². The summed E-state index contributed by atoms with van der Waals surface area (Å²) in [6.07, 6.45) is 4.57. The average Bonchev–Trinajstić information content (AvgIpc) is 2.88. The van der Waals surface area contributed by atoms with Crippen LogP contribution in [0.25, 0.3) is 5.65 Å². The summed E-state index contributed by atoms with van der Waals surface area (Å²) in [5.41, 5.74) is 6.63. The van der Waals surface area contributed by atoms with E-state index in [1.54, 1.807) is 0 Å². The third-order valence-corrected chi connectivity index (χ3v) is 3.29. The Kier molecular flexibility index (Phi) is 4.68. The van der Waals surface area contributed by atoms with Crippen LogP contribution in [0.15, 0.2) is 24.4 Å². The van der Waals surface area contributed by atoms with Crippen molar-refractivity contribution < 1.29 is 4.79 Å². The van der Waals surface area contributed by atoms with Crippen molar-refractivity contribution >= 4 is 11.6 Å². The molecular formula is C14H21N5O. The Balaban J connectivity index is 2.04. The van der Waals surface area contributed by atoms with Gasteiger partial charge in [0.1, 0.15) is 0 Å². The Bertz CT molecular complexity index is 580. The lowest BCUT2D eigenvalue weighted by Gasteiger charge is -2.16. The van der Waals surface area contributed by atoms with E-state index in [0.717, 1.165) is 18.5 Å². The van der Waals surface area contributed by atoms with Gasteiger partial charge >= 0.3 is 0 Å². The van der Waals surface area contributed by atoms with E-state index in [0.29, 0.717) is 12.2 Å². The van der Waals surface area contributed by atoms with E-state index in [1.807, 2.05) is 35.7 Å². The third kappa shape index (κ3) is 3.14. The van der Waals surface area contributed by atoms with Gasteiger partial charge in [-0.2, -0.15) is 0 Å². The summed E-state index contributed by atoms with van der Waals surface area (Å²) in [5.74, 6) is 0.565. The number of hydrogen-bond donors (Lipinski definition) is 2. The van der Waals surface area contributed by atoms with Crippen molar-refractivity contribution in [3.8, 4) is 0 Å². The minimum Gasteiger partial charge on any atom is -0.345 e. The van der Waals surface area contributed by atoms with E-state index in [2.05, 4.69) is 22.4 Å². The molecule has 0 saturated heterocycles. The topological polar surface area (TPSA) is 85.3 Å². The van der Waals surface area contributed by atoms with Crippen LogP contribution in [0.3, 0.4) is 0 Å². The molecule has 0 aliphatic carbocycles. The monoisotopic (exact) mass is 275 g/mol. The standard InChI is InChI=1S/C14H21N5O/c1-3-4-7-11(15)14(20)16-10(2)13-18-17-12-8-5-6-9-19(12)13/h5-6,8-11H,3-4,7,15H2,1-2H3,(H,16,20)/t10?,11-/m0/s1. The molecule has 2 aromatic rings. The van der Waals surface area contributed by atoms with Gasteiger partial charge in [-0.25, -0.2) is 0 Å². The molecule has 1 unspecified atom stereocenters. The average molecular weight is 275 g/mol. The van der Waals surface area contributed by atoms with Gasteiger partial charge in [-0.15, -0.1) is 10.2 Å². The van der Waals surface area contributed by atoms with Crippen LogP contribution in [0.1, 0.15) is 45.0 Å². The predicted molar refractivity (Wildman–Crippen MR) is 77.0 cm³/mol. The molecule has 0 aromatic carbocycles. The maximum atomic E-state index is 12.0. The number of aromatic nitrogens is 3. The van der Waals surface area contributed by atoms with Crippen molar-refractivity contribution in [2.75, 3.05) is 0 Å². The van der Waals surface area contributed by atoms with Crippen LogP contribution in [0, 0.1) is 0 Å². The van der Waals surface area contributed by atoms with Crippen molar-refractivity contribution in [2.24, 2.45) is 5.73 Å². The molecular weight excluding hydrogens is 254 g/mol. The molecule has 2 heterocycles. The Labute approximate surface area is 118 Å². The molecule has 0 fully saturated rings. The van der Waals surface area contributed by atoms with Crippen LogP contribution in [0.4, 0.5) is 0 Å². The molecule has 2 aromatic heterocycles. The first-order valence-corrected chi connectivity index (χ1v) is 6.99. The summed E-state index contributed by atoms with van der Waals surface area (Å²) in [7, 11) is 0. The summed E-state index contributed by atoms with van der Waals surface area (Å²) in [4.78, 5) is 12.0. The molecule has 108 valence electrons. The summed E-state index contributed by atoms with van der Waals surface area (Å²) >= 11 is 0. The number of pyridine rings is 1. The number of carbonyl (C=O) groups excluding carboxylic acids is 1. The van der Waals surface area contributed by atoms with Crippen molar-refractivity contribution in [1.29, 1.82) is 0 Å². The van der Waals surface area contributed by atoms with Gasteiger partial charge in [-0.05, 0) is 25.5 Å². The van der Waals surface area contributed by atoms with E-state index in [-0.39, 0.29) is 11.9 Å². The highest BCUT2D eigenvalue weighted by Crippen LogP contribution is 2.12. The van der Waals surface area contributed by atoms with E-state index in [4.69, 9.17) is 5.73 Å². The quantitative estimate of drug-likeness (QED) is 0.835. The van der Waals surface area contributed by atoms with Crippen LogP contribution < -0.4 is 11.1 Å². The van der Waals surface area contributed by atoms with E-state index in [1.165, 1.54) is 0 Å². The first kappa shape index (κ1) is 14.5. The summed E-state index contributed by atoms with van der Waals surface area (Å²) in [6, 6.07) is 4.99. The number of rotatable bonds is 6. The van der Waals surface area contributed by atoms with Gasteiger partial charge in [0.25, 0.3) is 0 Å². The summed E-state index contributed by atoms with van der Waals surface area (Å²) in [6.45, 7) is 3.96. The third-order valence-electron chi connectivity index (χ3n) is 3.29. The maximum absolute atomic E-state index is 12.0. The zero-order valence-electron chi connectivity index (χ0n) is 11.9. The van der Waals surface area contributed by atoms with Crippen LogP contribution in [-0.4, -0.2) is 26.5 Å². The molecule has 20 heavy (non-hydrogen) atoms. The molecule has 1 amide bonds. The largest absolute Gasteiger partial charge is 0.345 e. The zero-order chi connectivity index (χ0) is 14.5. The first-order chi connectivity index (χ1) is 9.63. The van der Waals surface area contributed by atoms with Crippen molar-refractivity contribution in [3.63, 3.8) is 0 Å². The minimum atomic E-state index is -0.461. The van der Waals surface area contributed by atoms with Gasteiger partial charge in [-0.3, -0.25) is 9.20 Å². The van der Waals surface area contributed by atoms with Crippen molar-refractivity contribution in [3.05, 3.63) is 30.2 Å². The number of hydrogen-bond acceptors (Lipinski definition) is 4. The molecule has 0 bridgehead atoms. The molecule has 6 heteroatoms. The lowest BCUT2D eigenvalue weighted by Crippen LogP contribution is -2.41. The van der Waals surface area contributed by atoms with Crippen molar-refractivity contribution in [2.45, 2.75) is 45.2 Å². The van der Waals surface area contributed by atoms with Gasteiger partial charge in [0, 0.05) is 6.20 Å². The van der Waals surface area contributed by atoms with Crippen LogP contribution >= 0.6 is 0 Å². The number of carbonyl (C=O) groups is 1. The number of unbranched alkanes of at least 4 members (excludes halogenated alkanes) is 1. The molecule has 2 atom stereocenters. The lowest BCUT2D eigenvalue weighted by atomic mass is 10.1. The second kappa shape index (κ2) is 6.47. The second-order valence-electron chi connectivity index (χ2n) is 4.97. The zero-order valence-corrected chi connectivity index (χ0v) is 11.9. The SMILES string of the molecule is CCCC[C@H](N)C(=O)NC(C)c1nnc2ccccn12. The fourth-order valence-corrected chi connectivity index (χ4v) is 2.10. The molecule has 0 radical (unpaired) electrons. The fraction of sp³-hybridized carbons (Fsp3) is 0.500. The van der Waals surface area contributed by atoms with Gasteiger partial charge in [0.05, 0.1) is 12.1 Å². The second-order valence-corrected chi connectivity index (χ2v) is 4.97. The molecule has 0 aliphatic rings.